The average molecular weight is 294 g/mol. The minimum atomic E-state index is 0.0253. The maximum atomic E-state index is 11.4. The molecule has 0 aromatic heterocycles. The van der Waals surface area contributed by atoms with Gasteiger partial charge < -0.3 is 4.90 Å². The summed E-state index contributed by atoms with van der Waals surface area (Å²) in [6.07, 6.45) is 3.78. The summed E-state index contributed by atoms with van der Waals surface area (Å²) in [6.45, 7) is 8.36. The Morgan fingerprint density at radius 1 is 1.30 bits per heavy atom. The van der Waals surface area contributed by atoms with Crippen molar-refractivity contribution in [3.63, 3.8) is 0 Å². The standard InChI is InChI=1S/C17H24ClNO/c1-12(2)14-5-4-9-19(10-8-14)15-6-7-16(13(3)20)17(18)11-15/h6-7,11-12,14H,4-5,8-10H2,1-3H3. The van der Waals surface area contributed by atoms with E-state index in [0.29, 0.717) is 10.6 Å². The maximum absolute atomic E-state index is 11.4. The highest BCUT2D eigenvalue weighted by Gasteiger charge is 2.20. The lowest BCUT2D eigenvalue weighted by Gasteiger charge is -2.24. The summed E-state index contributed by atoms with van der Waals surface area (Å²) in [4.78, 5) is 13.8. The molecule has 1 aliphatic heterocycles. The van der Waals surface area contributed by atoms with Gasteiger partial charge in [0.1, 0.15) is 0 Å². The van der Waals surface area contributed by atoms with Crippen LogP contribution in [0.4, 0.5) is 5.69 Å². The number of benzene rings is 1. The summed E-state index contributed by atoms with van der Waals surface area (Å²) in [7, 11) is 0. The Morgan fingerprint density at radius 3 is 2.65 bits per heavy atom. The van der Waals surface area contributed by atoms with Gasteiger partial charge in [-0.25, -0.2) is 0 Å². The molecule has 0 N–H and O–H groups in total. The van der Waals surface area contributed by atoms with Gasteiger partial charge in [0, 0.05) is 24.3 Å². The number of hydrogen-bond acceptors (Lipinski definition) is 2. The zero-order valence-corrected chi connectivity index (χ0v) is 13.4. The highest BCUT2D eigenvalue weighted by Crippen LogP contribution is 2.29. The normalized spacial score (nSPS) is 20.1. The topological polar surface area (TPSA) is 20.3 Å². The Morgan fingerprint density at radius 2 is 2.05 bits per heavy atom. The number of nitrogens with zero attached hydrogens (tertiary/aromatic N) is 1. The van der Waals surface area contributed by atoms with Crippen molar-refractivity contribution in [2.24, 2.45) is 11.8 Å². The van der Waals surface area contributed by atoms with E-state index in [1.54, 1.807) is 6.92 Å². The molecule has 1 unspecified atom stereocenters. The summed E-state index contributed by atoms with van der Waals surface area (Å²) in [5.41, 5.74) is 1.76. The van der Waals surface area contributed by atoms with Crippen LogP contribution >= 0.6 is 11.6 Å². The maximum Gasteiger partial charge on any atom is 0.161 e. The number of carbonyl (C=O) groups excluding carboxylic acids is 1. The fourth-order valence-corrected chi connectivity index (χ4v) is 3.34. The van der Waals surface area contributed by atoms with Gasteiger partial charge in [0.05, 0.1) is 5.02 Å². The fraction of sp³-hybridized carbons (Fsp3) is 0.588. The second kappa shape index (κ2) is 6.62. The fourth-order valence-electron chi connectivity index (χ4n) is 3.03. The van der Waals surface area contributed by atoms with Crippen molar-refractivity contribution < 1.29 is 4.79 Å². The van der Waals surface area contributed by atoms with Gasteiger partial charge in [0.25, 0.3) is 0 Å². The number of carbonyl (C=O) groups is 1. The number of anilines is 1. The quantitative estimate of drug-likeness (QED) is 0.746. The van der Waals surface area contributed by atoms with E-state index < -0.39 is 0 Å². The molecule has 0 aliphatic carbocycles. The van der Waals surface area contributed by atoms with Crippen molar-refractivity contribution in [1.82, 2.24) is 0 Å². The van der Waals surface area contributed by atoms with Crippen LogP contribution in [0.15, 0.2) is 18.2 Å². The van der Waals surface area contributed by atoms with Crippen LogP contribution in [0, 0.1) is 11.8 Å². The first-order valence-corrected chi connectivity index (χ1v) is 7.92. The third kappa shape index (κ3) is 3.54. The third-order valence-electron chi connectivity index (χ3n) is 4.41. The van der Waals surface area contributed by atoms with Gasteiger partial charge in [-0.3, -0.25) is 4.79 Å². The van der Waals surface area contributed by atoms with Gasteiger partial charge in [-0.05, 0) is 56.2 Å². The first kappa shape index (κ1) is 15.4. The van der Waals surface area contributed by atoms with E-state index in [0.717, 1.165) is 30.6 Å². The molecule has 0 saturated carbocycles. The van der Waals surface area contributed by atoms with E-state index in [4.69, 9.17) is 11.6 Å². The number of rotatable bonds is 3. The summed E-state index contributed by atoms with van der Waals surface area (Å²) in [5.74, 6) is 1.61. The molecule has 0 amide bonds. The first-order chi connectivity index (χ1) is 9.49. The SMILES string of the molecule is CC(=O)c1ccc(N2CCCC(C(C)C)CC2)cc1Cl. The molecule has 0 spiro atoms. The Balaban J connectivity index is 2.12. The largest absolute Gasteiger partial charge is 0.371 e. The van der Waals surface area contributed by atoms with Gasteiger partial charge in [0.2, 0.25) is 0 Å². The molecule has 1 saturated heterocycles. The van der Waals surface area contributed by atoms with Crippen molar-refractivity contribution in [3.05, 3.63) is 28.8 Å². The first-order valence-electron chi connectivity index (χ1n) is 7.54. The zero-order valence-electron chi connectivity index (χ0n) is 12.7. The molecule has 2 rings (SSSR count). The molecule has 1 aromatic carbocycles. The molecule has 0 bridgehead atoms. The molecule has 2 nitrogen and oxygen atoms in total. The van der Waals surface area contributed by atoms with E-state index in [-0.39, 0.29) is 5.78 Å². The molecule has 1 aliphatic rings. The Bertz CT molecular complexity index is 484. The van der Waals surface area contributed by atoms with E-state index in [1.807, 2.05) is 18.2 Å². The van der Waals surface area contributed by atoms with E-state index in [2.05, 4.69) is 18.7 Å². The van der Waals surface area contributed by atoms with Gasteiger partial charge in [-0.2, -0.15) is 0 Å². The van der Waals surface area contributed by atoms with Gasteiger partial charge in [-0.1, -0.05) is 25.4 Å². The Kier molecular flexibility index (Phi) is 5.09. The van der Waals surface area contributed by atoms with Crippen molar-refractivity contribution >= 4 is 23.1 Å². The molecule has 1 atom stereocenters. The minimum Gasteiger partial charge on any atom is -0.371 e. The van der Waals surface area contributed by atoms with E-state index >= 15 is 0 Å². The van der Waals surface area contributed by atoms with Crippen molar-refractivity contribution in [3.8, 4) is 0 Å². The number of Topliss-reactive ketones (excluding diaryl/α,β-unsaturated/α-hetero) is 1. The van der Waals surface area contributed by atoms with Crippen molar-refractivity contribution in [2.45, 2.75) is 40.0 Å². The van der Waals surface area contributed by atoms with Crippen LogP contribution in [0.2, 0.25) is 5.02 Å². The number of hydrogen-bond donors (Lipinski definition) is 0. The van der Waals surface area contributed by atoms with E-state index in [1.165, 1.54) is 19.3 Å². The molecule has 0 radical (unpaired) electrons. The van der Waals surface area contributed by atoms with Crippen molar-refractivity contribution in [2.75, 3.05) is 18.0 Å². The molecule has 1 heterocycles. The molecular formula is C17H24ClNO. The van der Waals surface area contributed by atoms with Gasteiger partial charge in [-0.15, -0.1) is 0 Å². The van der Waals surface area contributed by atoms with Crippen molar-refractivity contribution in [1.29, 1.82) is 0 Å². The van der Waals surface area contributed by atoms with Crippen LogP contribution in [0.3, 0.4) is 0 Å². The third-order valence-corrected chi connectivity index (χ3v) is 4.73. The zero-order chi connectivity index (χ0) is 14.7. The Hall–Kier alpha value is -1.02. The average Bonchev–Trinajstić information content (AvgIpc) is 2.63. The number of ketones is 1. The summed E-state index contributed by atoms with van der Waals surface area (Å²) in [5, 5.41) is 0.569. The molecule has 1 fully saturated rings. The summed E-state index contributed by atoms with van der Waals surface area (Å²) in [6, 6.07) is 5.82. The predicted octanol–water partition coefficient (Wildman–Crippen LogP) is 4.81. The van der Waals surface area contributed by atoms with Crippen LogP contribution in [-0.2, 0) is 0 Å². The van der Waals surface area contributed by atoms with Gasteiger partial charge >= 0.3 is 0 Å². The van der Waals surface area contributed by atoms with Gasteiger partial charge in [0.15, 0.2) is 5.78 Å². The second-order valence-corrected chi connectivity index (χ2v) is 6.55. The highest BCUT2D eigenvalue weighted by atomic mass is 35.5. The highest BCUT2D eigenvalue weighted by molar-refractivity contribution is 6.34. The number of halogens is 1. The smallest absolute Gasteiger partial charge is 0.161 e. The molecule has 20 heavy (non-hydrogen) atoms. The lowest BCUT2D eigenvalue weighted by molar-refractivity contribution is 0.101. The minimum absolute atomic E-state index is 0.0253. The van der Waals surface area contributed by atoms with Crippen LogP contribution in [0.5, 0.6) is 0 Å². The summed E-state index contributed by atoms with van der Waals surface area (Å²) >= 11 is 6.22. The molecular weight excluding hydrogens is 270 g/mol. The molecule has 1 aromatic rings. The molecule has 110 valence electrons. The monoisotopic (exact) mass is 293 g/mol. The van der Waals surface area contributed by atoms with Crippen LogP contribution in [0.25, 0.3) is 0 Å². The summed E-state index contributed by atoms with van der Waals surface area (Å²) < 4.78 is 0. The second-order valence-electron chi connectivity index (χ2n) is 6.14. The van der Waals surface area contributed by atoms with Crippen LogP contribution in [0.1, 0.15) is 50.4 Å². The Labute approximate surface area is 127 Å². The predicted molar refractivity (Wildman–Crippen MR) is 85.8 cm³/mol. The van der Waals surface area contributed by atoms with Crippen LogP contribution in [-0.4, -0.2) is 18.9 Å². The lowest BCUT2D eigenvalue weighted by atomic mass is 9.89. The lowest BCUT2D eigenvalue weighted by Crippen LogP contribution is -2.24. The van der Waals surface area contributed by atoms with Crippen LogP contribution < -0.4 is 4.90 Å². The van der Waals surface area contributed by atoms with E-state index in [9.17, 15) is 4.79 Å². The molecule has 3 heteroatoms.